The molecule has 0 aromatic carbocycles. The van der Waals surface area contributed by atoms with E-state index in [0.717, 1.165) is 32.2 Å². The first-order chi connectivity index (χ1) is 6.77. The minimum Gasteiger partial charge on any atom is -0.393 e. The van der Waals surface area contributed by atoms with E-state index in [-0.39, 0.29) is 6.10 Å². The molecule has 1 aliphatic carbocycles. The number of rotatable bonds is 5. The molecule has 1 fully saturated rings. The van der Waals surface area contributed by atoms with E-state index in [4.69, 9.17) is 5.26 Å². The van der Waals surface area contributed by atoms with Crippen molar-refractivity contribution in [2.24, 2.45) is 5.92 Å². The lowest BCUT2D eigenvalue weighted by molar-refractivity contribution is 0.130. The van der Waals surface area contributed by atoms with Crippen molar-refractivity contribution in [2.75, 3.05) is 6.54 Å². The molecule has 0 saturated heterocycles. The first-order valence-corrected chi connectivity index (χ1v) is 5.56. The molecule has 0 radical (unpaired) electrons. The average Bonchev–Trinajstić information content (AvgIpc) is 2.59. The summed E-state index contributed by atoms with van der Waals surface area (Å²) < 4.78 is 0. The Kier molecular flexibility index (Phi) is 4.92. The van der Waals surface area contributed by atoms with Gasteiger partial charge in [0, 0.05) is 12.6 Å². The normalized spacial score (nSPS) is 28.6. The van der Waals surface area contributed by atoms with Crippen LogP contribution in [0.2, 0.25) is 0 Å². The topological polar surface area (TPSA) is 56.0 Å². The van der Waals surface area contributed by atoms with Crippen molar-refractivity contribution in [3.05, 3.63) is 0 Å². The van der Waals surface area contributed by atoms with Gasteiger partial charge in [-0.1, -0.05) is 13.3 Å². The number of aliphatic hydroxyl groups excluding tert-OH is 1. The predicted octanol–water partition coefficient (Wildman–Crippen LogP) is 1.43. The van der Waals surface area contributed by atoms with Crippen LogP contribution in [0.15, 0.2) is 0 Å². The Morgan fingerprint density at radius 2 is 2.36 bits per heavy atom. The minimum atomic E-state index is -0.123. The first-order valence-electron chi connectivity index (χ1n) is 5.56. The van der Waals surface area contributed by atoms with Gasteiger partial charge in [0.25, 0.3) is 0 Å². The molecular weight excluding hydrogens is 176 g/mol. The summed E-state index contributed by atoms with van der Waals surface area (Å²) in [5, 5.41) is 21.5. The van der Waals surface area contributed by atoms with Crippen molar-refractivity contribution >= 4 is 0 Å². The number of hydrogen-bond acceptors (Lipinski definition) is 3. The van der Waals surface area contributed by atoms with Gasteiger partial charge < -0.3 is 10.4 Å². The summed E-state index contributed by atoms with van der Waals surface area (Å²) in [7, 11) is 0. The molecule has 3 nitrogen and oxygen atoms in total. The van der Waals surface area contributed by atoms with Crippen LogP contribution in [0.25, 0.3) is 0 Å². The summed E-state index contributed by atoms with van der Waals surface area (Å²) in [6.45, 7) is 2.95. The zero-order chi connectivity index (χ0) is 10.4. The molecule has 2 N–H and O–H groups in total. The Bertz CT molecular complexity index is 200. The molecule has 0 amide bonds. The molecule has 80 valence electrons. The molecule has 1 rings (SSSR count). The van der Waals surface area contributed by atoms with Crippen molar-refractivity contribution in [1.29, 1.82) is 5.26 Å². The lowest BCUT2D eigenvalue weighted by Crippen LogP contribution is -2.35. The Morgan fingerprint density at radius 1 is 1.57 bits per heavy atom. The van der Waals surface area contributed by atoms with Crippen LogP contribution in [0, 0.1) is 17.2 Å². The van der Waals surface area contributed by atoms with Crippen molar-refractivity contribution < 1.29 is 5.11 Å². The number of nitrogens with one attached hydrogen (secondary N) is 1. The van der Waals surface area contributed by atoms with Gasteiger partial charge >= 0.3 is 0 Å². The molecule has 0 bridgehead atoms. The van der Waals surface area contributed by atoms with Gasteiger partial charge in [-0.15, -0.1) is 0 Å². The number of nitriles is 1. The van der Waals surface area contributed by atoms with Gasteiger partial charge in [0.15, 0.2) is 0 Å². The maximum atomic E-state index is 9.60. The SMILES string of the molecule is CCC(CC#N)NCC1CCCC1O. The molecule has 0 aromatic rings. The summed E-state index contributed by atoms with van der Waals surface area (Å²) in [6.07, 6.45) is 4.64. The summed E-state index contributed by atoms with van der Waals surface area (Å²) >= 11 is 0. The van der Waals surface area contributed by atoms with Crippen LogP contribution < -0.4 is 5.32 Å². The minimum absolute atomic E-state index is 0.123. The first kappa shape index (κ1) is 11.5. The molecule has 0 aliphatic heterocycles. The monoisotopic (exact) mass is 196 g/mol. The zero-order valence-corrected chi connectivity index (χ0v) is 8.87. The smallest absolute Gasteiger partial charge is 0.0638 e. The van der Waals surface area contributed by atoms with Crippen molar-refractivity contribution in [3.8, 4) is 6.07 Å². The van der Waals surface area contributed by atoms with Gasteiger partial charge in [-0.2, -0.15) is 5.26 Å². The van der Waals surface area contributed by atoms with E-state index < -0.39 is 0 Å². The third kappa shape index (κ3) is 3.28. The summed E-state index contributed by atoms with van der Waals surface area (Å²) in [5.41, 5.74) is 0. The highest BCUT2D eigenvalue weighted by atomic mass is 16.3. The fourth-order valence-electron chi connectivity index (χ4n) is 2.04. The van der Waals surface area contributed by atoms with E-state index >= 15 is 0 Å². The average molecular weight is 196 g/mol. The standard InChI is InChI=1S/C11H20N2O/c1-2-10(6-7-12)13-8-9-4-3-5-11(9)14/h9-11,13-14H,2-6,8H2,1H3. The molecule has 3 heteroatoms. The summed E-state index contributed by atoms with van der Waals surface area (Å²) in [5.74, 6) is 0.405. The quantitative estimate of drug-likeness (QED) is 0.699. The Balaban J connectivity index is 2.21. The molecule has 0 heterocycles. The lowest BCUT2D eigenvalue weighted by atomic mass is 10.0. The Labute approximate surface area is 86.1 Å². The maximum Gasteiger partial charge on any atom is 0.0638 e. The maximum absolute atomic E-state index is 9.60. The third-order valence-electron chi connectivity index (χ3n) is 3.12. The molecule has 3 atom stereocenters. The van der Waals surface area contributed by atoms with Crippen molar-refractivity contribution in [2.45, 2.75) is 51.2 Å². The highest BCUT2D eigenvalue weighted by Crippen LogP contribution is 2.24. The van der Waals surface area contributed by atoms with E-state index in [0.29, 0.717) is 18.4 Å². The van der Waals surface area contributed by atoms with Gasteiger partial charge in [-0.05, 0) is 25.2 Å². The highest BCUT2D eigenvalue weighted by Gasteiger charge is 2.25. The Hall–Kier alpha value is -0.590. The van der Waals surface area contributed by atoms with Crippen LogP contribution in [0.1, 0.15) is 39.0 Å². The number of hydrogen-bond donors (Lipinski definition) is 2. The van der Waals surface area contributed by atoms with E-state index in [1.807, 2.05) is 0 Å². The second-order valence-electron chi connectivity index (χ2n) is 4.13. The fourth-order valence-corrected chi connectivity index (χ4v) is 2.04. The molecule has 14 heavy (non-hydrogen) atoms. The number of nitrogens with zero attached hydrogens (tertiary/aromatic N) is 1. The van der Waals surface area contributed by atoms with Crippen LogP contribution in [-0.2, 0) is 0 Å². The molecule has 1 aliphatic rings. The van der Waals surface area contributed by atoms with E-state index in [1.165, 1.54) is 0 Å². The van der Waals surface area contributed by atoms with Gasteiger partial charge in [0.2, 0.25) is 0 Å². The molecule has 0 aromatic heterocycles. The summed E-state index contributed by atoms with van der Waals surface area (Å²) in [4.78, 5) is 0. The highest BCUT2D eigenvalue weighted by molar-refractivity contribution is 4.83. The van der Waals surface area contributed by atoms with Crippen LogP contribution in [0.3, 0.4) is 0 Å². The van der Waals surface area contributed by atoms with Crippen molar-refractivity contribution in [3.63, 3.8) is 0 Å². The largest absolute Gasteiger partial charge is 0.393 e. The zero-order valence-electron chi connectivity index (χ0n) is 8.87. The summed E-state index contributed by atoms with van der Waals surface area (Å²) in [6, 6.07) is 2.48. The fraction of sp³-hybridized carbons (Fsp3) is 0.909. The van der Waals surface area contributed by atoms with E-state index in [2.05, 4.69) is 18.3 Å². The van der Waals surface area contributed by atoms with Crippen LogP contribution in [0.4, 0.5) is 0 Å². The van der Waals surface area contributed by atoms with E-state index in [1.54, 1.807) is 0 Å². The lowest BCUT2D eigenvalue weighted by Gasteiger charge is -2.19. The second-order valence-corrected chi connectivity index (χ2v) is 4.13. The van der Waals surface area contributed by atoms with Gasteiger partial charge in [-0.3, -0.25) is 0 Å². The predicted molar refractivity (Wildman–Crippen MR) is 55.7 cm³/mol. The van der Waals surface area contributed by atoms with Crippen LogP contribution >= 0.6 is 0 Å². The molecule has 3 unspecified atom stereocenters. The van der Waals surface area contributed by atoms with Crippen LogP contribution in [-0.4, -0.2) is 23.8 Å². The third-order valence-corrected chi connectivity index (χ3v) is 3.12. The van der Waals surface area contributed by atoms with Crippen molar-refractivity contribution in [1.82, 2.24) is 5.32 Å². The van der Waals surface area contributed by atoms with Gasteiger partial charge in [0.1, 0.15) is 0 Å². The Morgan fingerprint density at radius 3 is 2.86 bits per heavy atom. The molecular formula is C11H20N2O. The second kappa shape index (κ2) is 6.00. The van der Waals surface area contributed by atoms with Crippen LogP contribution in [0.5, 0.6) is 0 Å². The van der Waals surface area contributed by atoms with Gasteiger partial charge in [0.05, 0.1) is 18.6 Å². The van der Waals surface area contributed by atoms with E-state index in [9.17, 15) is 5.11 Å². The number of aliphatic hydroxyl groups is 1. The molecule has 1 saturated carbocycles. The molecule has 0 spiro atoms. The van der Waals surface area contributed by atoms with Gasteiger partial charge in [-0.25, -0.2) is 0 Å².